The molecule has 2 N–H and O–H groups in total. The summed E-state index contributed by atoms with van der Waals surface area (Å²) in [5.41, 5.74) is 2.98. The molecule has 0 amide bonds. The molecule has 0 aliphatic heterocycles. The van der Waals surface area contributed by atoms with E-state index in [1.165, 1.54) is 0 Å². The monoisotopic (exact) mass is 262 g/mol. The van der Waals surface area contributed by atoms with E-state index in [1.807, 2.05) is 32.0 Å². The molecule has 18 heavy (non-hydrogen) atoms. The van der Waals surface area contributed by atoms with E-state index >= 15 is 0 Å². The molecule has 2 rings (SSSR count). The van der Waals surface area contributed by atoms with Gasteiger partial charge in [-0.3, -0.25) is 0 Å². The van der Waals surface area contributed by atoms with Crippen LogP contribution in [0.2, 0.25) is 5.15 Å². The number of phenols is 1. The van der Waals surface area contributed by atoms with Crippen molar-refractivity contribution in [2.75, 3.05) is 5.32 Å². The first-order valence-corrected chi connectivity index (χ1v) is 6.12. The van der Waals surface area contributed by atoms with Crippen molar-refractivity contribution in [3.8, 4) is 5.75 Å². The zero-order valence-corrected chi connectivity index (χ0v) is 11.1. The van der Waals surface area contributed by atoms with Gasteiger partial charge >= 0.3 is 0 Å². The van der Waals surface area contributed by atoms with E-state index in [1.54, 1.807) is 18.3 Å². The van der Waals surface area contributed by atoms with E-state index in [2.05, 4.69) is 10.3 Å². The summed E-state index contributed by atoms with van der Waals surface area (Å²) in [4.78, 5) is 4.06. The van der Waals surface area contributed by atoms with E-state index in [0.29, 0.717) is 5.15 Å². The highest BCUT2D eigenvalue weighted by Crippen LogP contribution is 2.27. The average Bonchev–Trinajstić information content (AvgIpc) is 2.34. The van der Waals surface area contributed by atoms with Crippen LogP contribution in [0.3, 0.4) is 0 Å². The molecular weight excluding hydrogens is 248 g/mol. The molecule has 0 saturated carbocycles. The van der Waals surface area contributed by atoms with Gasteiger partial charge in [-0.05, 0) is 43.2 Å². The fourth-order valence-corrected chi connectivity index (χ4v) is 2.02. The molecule has 4 heteroatoms. The molecule has 0 fully saturated rings. The number of aromatic nitrogens is 1. The number of hydrogen-bond donors (Lipinski definition) is 2. The minimum atomic E-state index is 0.0889. The van der Waals surface area contributed by atoms with E-state index < -0.39 is 0 Å². The number of rotatable bonds is 3. The molecule has 1 atom stereocenters. The second-order valence-electron chi connectivity index (χ2n) is 4.25. The van der Waals surface area contributed by atoms with Gasteiger partial charge in [0.2, 0.25) is 0 Å². The Kier molecular flexibility index (Phi) is 3.72. The molecule has 1 unspecified atom stereocenters. The van der Waals surface area contributed by atoms with E-state index in [0.717, 1.165) is 16.8 Å². The fourth-order valence-electron chi connectivity index (χ4n) is 1.76. The normalized spacial score (nSPS) is 12.2. The summed E-state index contributed by atoms with van der Waals surface area (Å²) in [7, 11) is 0. The first-order valence-electron chi connectivity index (χ1n) is 5.74. The lowest BCUT2D eigenvalue weighted by atomic mass is 10.1. The van der Waals surface area contributed by atoms with Crippen LogP contribution < -0.4 is 5.32 Å². The molecule has 1 aromatic heterocycles. The first-order chi connectivity index (χ1) is 8.58. The number of nitrogens with zero attached hydrogens (tertiary/aromatic N) is 1. The number of hydrogen-bond acceptors (Lipinski definition) is 3. The predicted octanol–water partition coefficient (Wildman–Crippen LogP) is 3.92. The molecule has 0 aliphatic rings. The number of aromatic hydroxyl groups is 1. The number of anilines is 1. The van der Waals surface area contributed by atoms with Gasteiger partial charge in [-0.2, -0.15) is 0 Å². The molecule has 0 spiro atoms. The largest absolute Gasteiger partial charge is 0.508 e. The summed E-state index contributed by atoms with van der Waals surface area (Å²) in [6.45, 7) is 4.02. The quantitative estimate of drug-likeness (QED) is 0.824. The molecule has 0 bridgehead atoms. The zero-order chi connectivity index (χ0) is 13.1. The third-order valence-corrected chi connectivity index (χ3v) is 3.15. The Morgan fingerprint density at radius 1 is 1.22 bits per heavy atom. The Labute approximate surface area is 111 Å². The summed E-state index contributed by atoms with van der Waals surface area (Å²) in [5, 5.41) is 13.1. The third kappa shape index (κ3) is 2.74. The van der Waals surface area contributed by atoms with Crippen LogP contribution in [0.5, 0.6) is 5.75 Å². The van der Waals surface area contributed by atoms with Crippen molar-refractivity contribution in [2.24, 2.45) is 0 Å². The van der Waals surface area contributed by atoms with E-state index in [9.17, 15) is 5.11 Å². The second kappa shape index (κ2) is 5.27. The molecular formula is C14H15ClN2O. The van der Waals surface area contributed by atoms with Crippen LogP contribution in [-0.4, -0.2) is 10.1 Å². The van der Waals surface area contributed by atoms with Crippen LogP contribution in [0.1, 0.15) is 24.1 Å². The van der Waals surface area contributed by atoms with Crippen molar-refractivity contribution in [1.29, 1.82) is 0 Å². The number of pyridine rings is 1. The maximum atomic E-state index is 9.26. The maximum Gasteiger partial charge on any atom is 0.152 e. The molecule has 1 aromatic carbocycles. The Hall–Kier alpha value is -1.74. The van der Waals surface area contributed by atoms with Crippen LogP contribution in [0.15, 0.2) is 36.5 Å². The molecule has 1 heterocycles. The minimum Gasteiger partial charge on any atom is -0.508 e. The molecule has 0 radical (unpaired) electrons. The molecule has 3 nitrogen and oxygen atoms in total. The Morgan fingerprint density at radius 3 is 2.50 bits per heavy atom. The first kappa shape index (κ1) is 12.7. The van der Waals surface area contributed by atoms with Gasteiger partial charge in [-0.15, -0.1) is 0 Å². The highest BCUT2D eigenvalue weighted by Gasteiger charge is 2.10. The molecule has 0 aliphatic carbocycles. The number of phenolic OH excluding ortho intramolecular Hbond substituents is 1. The fraction of sp³-hybridized carbons (Fsp3) is 0.214. The van der Waals surface area contributed by atoms with Crippen LogP contribution in [-0.2, 0) is 0 Å². The minimum absolute atomic E-state index is 0.0889. The summed E-state index contributed by atoms with van der Waals surface area (Å²) < 4.78 is 0. The number of nitrogens with one attached hydrogen (secondary N) is 1. The summed E-state index contributed by atoms with van der Waals surface area (Å²) in [6, 6.07) is 9.11. The lowest BCUT2D eigenvalue weighted by molar-refractivity contribution is 0.475. The molecule has 94 valence electrons. The van der Waals surface area contributed by atoms with Crippen LogP contribution >= 0.6 is 11.6 Å². The number of benzene rings is 1. The molecule has 2 aromatic rings. The Balaban J connectivity index is 2.21. The SMILES string of the molecule is Cc1ccnc(Cl)c1NC(C)c1ccc(O)cc1. The average molecular weight is 263 g/mol. The van der Waals surface area contributed by atoms with Crippen molar-refractivity contribution in [3.63, 3.8) is 0 Å². The van der Waals surface area contributed by atoms with Crippen molar-refractivity contribution >= 4 is 17.3 Å². The van der Waals surface area contributed by atoms with Crippen molar-refractivity contribution in [2.45, 2.75) is 19.9 Å². The van der Waals surface area contributed by atoms with Crippen molar-refractivity contribution < 1.29 is 5.11 Å². The van der Waals surface area contributed by atoms with Gasteiger partial charge in [0.1, 0.15) is 5.75 Å². The Bertz CT molecular complexity index is 520. The van der Waals surface area contributed by atoms with Gasteiger partial charge in [-0.1, -0.05) is 23.7 Å². The predicted molar refractivity (Wildman–Crippen MR) is 74.1 cm³/mol. The van der Waals surface area contributed by atoms with Gasteiger partial charge in [0, 0.05) is 12.2 Å². The van der Waals surface area contributed by atoms with Gasteiger partial charge in [0.25, 0.3) is 0 Å². The smallest absolute Gasteiger partial charge is 0.152 e. The second-order valence-corrected chi connectivity index (χ2v) is 4.61. The van der Waals surface area contributed by atoms with Crippen molar-refractivity contribution in [3.05, 3.63) is 52.8 Å². The lowest BCUT2D eigenvalue weighted by Crippen LogP contribution is -2.08. The van der Waals surface area contributed by atoms with Crippen molar-refractivity contribution in [1.82, 2.24) is 4.98 Å². The van der Waals surface area contributed by atoms with Gasteiger partial charge in [0.05, 0.1) is 5.69 Å². The van der Waals surface area contributed by atoms with Crippen LogP contribution in [0.25, 0.3) is 0 Å². The number of halogens is 1. The van der Waals surface area contributed by atoms with E-state index in [4.69, 9.17) is 11.6 Å². The highest BCUT2D eigenvalue weighted by molar-refractivity contribution is 6.32. The van der Waals surface area contributed by atoms with Gasteiger partial charge in [0.15, 0.2) is 5.15 Å². The van der Waals surface area contributed by atoms with Gasteiger partial charge < -0.3 is 10.4 Å². The van der Waals surface area contributed by atoms with Crippen LogP contribution in [0.4, 0.5) is 5.69 Å². The summed E-state index contributed by atoms with van der Waals surface area (Å²) in [5.74, 6) is 0.265. The van der Waals surface area contributed by atoms with Gasteiger partial charge in [-0.25, -0.2) is 4.98 Å². The lowest BCUT2D eigenvalue weighted by Gasteiger charge is -2.18. The number of aryl methyl sites for hydroxylation is 1. The highest BCUT2D eigenvalue weighted by atomic mass is 35.5. The van der Waals surface area contributed by atoms with E-state index in [-0.39, 0.29) is 11.8 Å². The van der Waals surface area contributed by atoms with Crippen LogP contribution in [0, 0.1) is 6.92 Å². The zero-order valence-electron chi connectivity index (χ0n) is 10.3. The Morgan fingerprint density at radius 2 is 1.89 bits per heavy atom. The topological polar surface area (TPSA) is 45.2 Å². The molecule has 0 saturated heterocycles. The summed E-state index contributed by atoms with van der Waals surface area (Å²) in [6.07, 6.45) is 1.69. The maximum absolute atomic E-state index is 9.26. The standard InChI is InChI=1S/C14H15ClN2O/c1-9-7-8-16-14(15)13(9)17-10(2)11-3-5-12(18)6-4-11/h3-8,10,17-18H,1-2H3. The summed E-state index contributed by atoms with van der Waals surface area (Å²) >= 11 is 6.07. The third-order valence-electron chi connectivity index (χ3n) is 2.87.